The first-order valence-electron chi connectivity index (χ1n) is 10.5. The molecule has 0 aromatic heterocycles. The smallest absolute Gasteiger partial charge is 0.331 e. The average molecular weight is 454 g/mol. The van der Waals surface area contributed by atoms with Crippen molar-refractivity contribution in [2.75, 3.05) is 26.9 Å². The molecule has 0 atom stereocenters. The summed E-state index contributed by atoms with van der Waals surface area (Å²) in [6.45, 7) is 0.856. The second-order valence-electron chi connectivity index (χ2n) is 7.75. The van der Waals surface area contributed by atoms with Crippen molar-refractivity contribution in [1.82, 2.24) is 0 Å². The molecule has 1 fully saturated rings. The van der Waals surface area contributed by atoms with E-state index in [0.717, 1.165) is 16.7 Å². The number of methoxy groups -OCH3 is 1. The summed E-state index contributed by atoms with van der Waals surface area (Å²) in [5.41, 5.74) is 2.32. The van der Waals surface area contributed by atoms with Crippen molar-refractivity contribution in [2.24, 2.45) is 0 Å². The van der Waals surface area contributed by atoms with Crippen molar-refractivity contribution in [2.45, 2.75) is 18.6 Å². The lowest BCUT2D eigenvalue weighted by molar-refractivity contribution is -0.220. The van der Waals surface area contributed by atoms with E-state index in [1.54, 1.807) is 18.2 Å². The van der Waals surface area contributed by atoms with Crippen molar-refractivity contribution in [3.8, 4) is 16.9 Å². The van der Waals surface area contributed by atoms with Crippen LogP contribution in [-0.2, 0) is 31.2 Å². The molecule has 3 aromatic rings. The van der Waals surface area contributed by atoms with E-state index in [4.69, 9.17) is 14.2 Å². The average Bonchev–Trinajstić information content (AvgIpc) is 2.82. The predicted octanol–water partition coefficient (Wildman–Crippen LogP) is 5.29. The maximum Gasteiger partial charge on any atom is 0.331 e. The molecule has 1 heterocycles. The fourth-order valence-electron chi connectivity index (χ4n) is 3.68. The molecule has 0 spiro atoms. The van der Waals surface area contributed by atoms with E-state index in [2.05, 4.69) is 4.74 Å². The third-order valence-corrected chi connectivity index (χ3v) is 5.58. The number of carbonyl (C=O) groups excluding carboxylic acids is 1. The predicted molar refractivity (Wildman–Crippen MR) is 118 cm³/mol. The molecule has 4 rings (SSSR count). The zero-order valence-electron chi connectivity index (χ0n) is 18.1. The van der Waals surface area contributed by atoms with E-state index in [1.807, 2.05) is 48.5 Å². The number of rotatable bonds is 9. The van der Waals surface area contributed by atoms with Crippen molar-refractivity contribution >= 4 is 5.97 Å². The molecule has 1 saturated heterocycles. The Balaban J connectivity index is 1.42. The summed E-state index contributed by atoms with van der Waals surface area (Å²) in [6, 6.07) is 21.3. The Morgan fingerprint density at radius 2 is 1.79 bits per heavy atom. The molecule has 1 aliphatic rings. The molecular weight excluding hydrogens is 430 g/mol. The lowest BCUT2D eigenvalue weighted by Gasteiger charge is -2.41. The number of hydrogen-bond donors (Lipinski definition) is 0. The normalized spacial score (nSPS) is 14.5. The molecule has 0 bridgehead atoms. The molecule has 172 valence electrons. The maximum absolute atomic E-state index is 13.4. The summed E-state index contributed by atoms with van der Waals surface area (Å²) in [5.74, 6) is 0.208. The summed E-state index contributed by atoms with van der Waals surface area (Å²) in [6.07, 6.45) is -2.54. The van der Waals surface area contributed by atoms with Crippen LogP contribution in [0.25, 0.3) is 11.1 Å². The topological polar surface area (TPSA) is 54.0 Å². The quantitative estimate of drug-likeness (QED) is 0.412. The number of hydrogen-bond acceptors (Lipinski definition) is 5. The van der Waals surface area contributed by atoms with Crippen LogP contribution in [0.15, 0.2) is 72.8 Å². The highest BCUT2D eigenvalue weighted by Gasteiger charge is 2.42. The van der Waals surface area contributed by atoms with E-state index in [0.29, 0.717) is 24.5 Å². The Bertz CT molecular complexity index is 1090. The number of ether oxygens (including phenoxy) is 4. The second-order valence-corrected chi connectivity index (χ2v) is 7.75. The highest BCUT2D eigenvalue weighted by Crippen LogP contribution is 2.35. The van der Waals surface area contributed by atoms with Crippen LogP contribution in [0, 0.1) is 0 Å². The van der Waals surface area contributed by atoms with Gasteiger partial charge in [-0.15, -0.1) is 0 Å². The molecular formula is C26H24F2O5. The van der Waals surface area contributed by atoms with Crippen LogP contribution >= 0.6 is 0 Å². The summed E-state index contributed by atoms with van der Waals surface area (Å²) >= 11 is 0. The van der Waals surface area contributed by atoms with Crippen molar-refractivity contribution < 1.29 is 32.5 Å². The Morgan fingerprint density at radius 1 is 1.03 bits per heavy atom. The van der Waals surface area contributed by atoms with E-state index in [9.17, 15) is 13.6 Å². The van der Waals surface area contributed by atoms with Gasteiger partial charge in [-0.25, -0.2) is 13.6 Å². The summed E-state index contributed by atoms with van der Waals surface area (Å²) < 4.78 is 48.4. The summed E-state index contributed by atoms with van der Waals surface area (Å²) in [5, 5.41) is 0. The van der Waals surface area contributed by atoms with Crippen LogP contribution in [0.2, 0.25) is 0 Å². The van der Waals surface area contributed by atoms with E-state index < -0.39 is 18.0 Å². The van der Waals surface area contributed by atoms with Gasteiger partial charge in [-0.3, -0.25) is 0 Å². The summed E-state index contributed by atoms with van der Waals surface area (Å²) in [4.78, 5) is 11.4. The Labute approximate surface area is 190 Å². The van der Waals surface area contributed by atoms with Gasteiger partial charge in [-0.05, 0) is 40.5 Å². The highest BCUT2D eigenvalue weighted by molar-refractivity contribution is 5.70. The first-order valence-corrected chi connectivity index (χ1v) is 10.5. The molecule has 0 radical (unpaired) electrons. The number of esters is 1. The Kier molecular flexibility index (Phi) is 7.01. The molecule has 3 aromatic carbocycles. The monoisotopic (exact) mass is 454 g/mol. The minimum absolute atomic E-state index is 0.00878. The number of benzene rings is 3. The highest BCUT2D eigenvalue weighted by atomic mass is 19.3. The Morgan fingerprint density at radius 3 is 2.45 bits per heavy atom. The molecule has 5 nitrogen and oxygen atoms in total. The third kappa shape index (κ3) is 5.21. The van der Waals surface area contributed by atoms with Gasteiger partial charge < -0.3 is 18.9 Å². The molecule has 0 amide bonds. The molecule has 0 aliphatic carbocycles. The van der Waals surface area contributed by atoms with Gasteiger partial charge in [-0.1, -0.05) is 54.6 Å². The van der Waals surface area contributed by atoms with E-state index in [-0.39, 0.29) is 18.8 Å². The van der Waals surface area contributed by atoms with Crippen LogP contribution in [-0.4, -0.2) is 32.9 Å². The minimum Gasteiger partial charge on any atom is -0.489 e. The second kappa shape index (κ2) is 10.1. The first-order chi connectivity index (χ1) is 16.0. The molecule has 1 aliphatic heterocycles. The van der Waals surface area contributed by atoms with Gasteiger partial charge in [0.2, 0.25) is 0 Å². The molecule has 33 heavy (non-hydrogen) atoms. The van der Waals surface area contributed by atoms with Crippen LogP contribution in [0.5, 0.6) is 5.75 Å². The van der Waals surface area contributed by atoms with Crippen LogP contribution < -0.4 is 4.74 Å². The fourth-order valence-corrected chi connectivity index (χ4v) is 3.68. The van der Waals surface area contributed by atoms with Crippen LogP contribution in [0.4, 0.5) is 8.78 Å². The number of carbonyl (C=O) groups is 1. The van der Waals surface area contributed by atoms with Crippen molar-refractivity contribution in [3.63, 3.8) is 0 Å². The summed E-state index contributed by atoms with van der Waals surface area (Å²) in [7, 11) is 1.31. The Hall–Kier alpha value is -3.29. The van der Waals surface area contributed by atoms with Crippen LogP contribution in [0.1, 0.15) is 23.1 Å². The number of alkyl halides is 2. The molecule has 0 unspecified atom stereocenters. The van der Waals surface area contributed by atoms with Gasteiger partial charge in [0.25, 0.3) is 6.43 Å². The largest absolute Gasteiger partial charge is 0.489 e. The van der Waals surface area contributed by atoms with Gasteiger partial charge in [0.1, 0.15) is 24.6 Å². The van der Waals surface area contributed by atoms with Gasteiger partial charge in [0, 0.05) is 5.56 Å². The zero-order valence-corrected chi connectivity index (χ0v) is 18.1. The SMILES string of the molecule is COC(=O)COC1(c2ccc(OCc3cccc(-c4ccccc4C(F)F)c3)cc2)COC1. The van der Waals surface area contributed by atoms with E-state index >= 15 is 0 Å². The van der Waals surface area contributed by atoms with Gasteiger partial charge in [0.15, 0.2) is 0 Å². The van der Waals surface area contributed by atoms with E-state index in [1.165, 1.54) is 13.2 Å². The minimum atomic E-state index is -2.54. The first kappa shape index (κ1) is 22.9. The fraction of sp³-hybridized carbons (Fsp3) is 0.269. The molecule has 0 saturated carbocycles. The zero-order chi connectivity index (χ0) is 23.3. The lowest BCUT2D eigenvalue weighted by atomic mass is 9.91. The maximum atomic E-state index is 13.4. The molecule has 7 heteroatoms. The van der Waals surface area contributed by atoms with Gasteiger partial charge in [0.05, 0.1) is 20.3 Å². The third-order valence-electron chi connectivity index (χ3n) is 5.58. The van der Waals surface area contributed by atoms with Crippen molar-refractivity contribution in [3.05, 3.63) is 89.5 Å². The lowest BCUT2D eigenvalue weighted by Crippen LogP contribution is -2.49. The standard InChI is InChI=1S/C26H24F2O5/c1-30-24(29)15-33-26(16-31-17-26)20-9-11-21(12-10-20)32-14-18-5-4-6-19(13-18)22-7-2-3-8-23(22)25(27)28/h2-13,25H,14-17H2,1H3. The van der Waals surface area contributed by atoms with Gasteiger partial charge >= 0.3 is 5.97 Å². The molecule has 0 N–H and O–H groups in total. The van der Waals surface area contributed by atoms with Crippen LogP contribution in [0.3, 0.4) is 0 Å². The van der Waals surface area contributed by atoms with Crippen molar-refractivity contribution in [1.29, 1.82) is 0 Å². The number of halogens is 2. The van der Waals surface area contributed by atoms with Gasteiger partial charge in [-0.2, -0.15) is 0 Å².